The first kappa shape index (κ1) is 12.1. The second kappa shape index (κ2) is 5.29. The van der Waals surface area contributed by atoms with Gasteiger partial charge in [0.2, 0.25) is 0 Å². The van der Waals surface area contributed by atoms with E-state index in [0.717, 1.165) is 4.57 Å². The Balaban J connectivity index is 2.35. The monoisotopic (exact) mass is 247 g/mol. The Hall–Kier alpha value is -2.39. The molecule has 0 aliphatic rings. The maximum atomic E-state index is 13.8. The second-order valence-electron chi connectivity index (χ2n) is 3.47. The summed E-state index contributed by atoms with van der Waals surface area (Å²) >= 11 is 0. The lowest BCUT2D eigenvalue weighted by atomic mass is 10.2. The Morgan fingerprint density at radius 3 is 2.94 bits per heavy atom. The highest BCUT2D eigenvalue weighted by molar-refractivity contribution is 5.42. The molecule has 1 aromatic heterocycles. The van der Waals surface area contributed by atoms with Crippen molar-refractivity contribution in [2.45, 2.75) is 6.42 Å². The van der Waals surface area contributed by atoms with Crippen LogP contribution < -0.4 is 5.69 Å². The number of halogens is 1. The normalized spacial score (nSPS) is 9.89. The number of rotatable bonds is 2. The van der Waals surface area contributed by atoms with Crippen molar-refractivity contribution in [3.63, 3.8) is 0 Å². The number of hydrogen-bond acceptors (Lipinski definition) is 3. The first-order valence-corrected chi connectivity index (χ1v) is 5.24. The van der Waals surface area contributed by atoms with Gasteiger partial charge in [0.15, 0.2) is 0 Å². The van der Waals surface area contributed by atoms with Gasteiger partial charge in [0.1, 0.15) is 12.1 Å². The van der Waals surface area contributed by atoms with Crippen LogP contribution in [0.5, 0.6) is 0 Å². The summed E-state index contributed by atoms with van der Waals surface area (Å²) in [6, 6.07) is 4.29. The molecule has 92 valence electrons. The van der Waals surface area contributed by atoms with E-state index in [1.165, 1.54) is 18.5 Å². The van der Waals surface area contributed by atoms with Crippen LogP contribution in [-0.4, -0.2) is 26.5 Å². The molecular formula is C12H10FN3O2. The lowest BCUT2D eigenvalue weighted by Crippen LogP contribution is -2.15. The molecule has 5 nitrogen and oxygen atoms in total. The quantitative estimate of drug-likeness (QED) is 0.756. The van der Waals surface area contributed by atoms with E-state index in [1.54, 1.807) is 6.07 Å². The summed E-state index contributed by atoms with van der Waals surface area (Å²) in [6.07, 6.45) is 1.54. The fourth-order valence-corrected chi connectivity index (χ4v) is 1.42. The van der Waals surface area contributed by atoms with Crippen molar-refractivity contribution in [2.24, 2.45) is 0 Å². The van der Waals surface area contributed by atoms with Crippen LogP contribution in [0.25, 0.3) is 5.69 Å². The Morgan fingerprint density at radius 1 is 1.50 bits per heavy atom. The smallest absolute Gasteiger partial charge is 0.347 e. The van der Waals surface area contributed by atoms with Gasteiger partial charge in [0, 0.05) is 12.0 Å². The van der Waals surface area contributed by atoms with Crippen LogP contribution in [0.2, 0.25) is 0 Å². The van der Waals surface area contributed by atoms with E-state index in [2.05, 4.69) is 22.0 Å². The molecule has 0 aliphatic heterocycles. The van der Waals surface area contributed by atoms with Crippen LogP contribution in [-0.2, 0) is 0 Å². The van der Waals surface area contributed by atoms with Crippen molar-refractivity contribution >= 4 is 0 Å². The third-order valence-corrected chi connectivity index (χ3v) is 2.23. The van der Waals surface area contributed by atoms with Crippen molar-refractivity contribution in [1.29, 1.82) is 0 Å². The summed E-state index contributed by atoms with van der Waals surface area (Å²) in [5.74, 6) is 4.84. The lowest BCUT2D eigenvalue weighted by molar-refractivity contribution is 0.305. The number of nitrogens with one attached hydrogen (secondary N) is 1. The SMILES string of the molecule is O=c1[nH]ncn1-c1ccc(C#CCCO)cc1F. The number of benzene rings is 1. The standard InChI is InChI=1S/C12H10FN3O2/c13-10-7-9(3-1-2-6-17)4-5-11(10)16-8-14-15-12(16)18/h4-5,7-8,17H,2,6H2,(H,15,18). The third-order valence-electron chi connectivity index (χ3n) is 2.23. The highest BCUT2D eigenvalue weighted by atomic mass is 19.1. The zero-order valence-corrected chi connectivity index (χ0v) is 9.35. The molecule has 2 rings (SSSR count). The molecule has 0 amide bonds. The highest BCUT2D eigenvalue weighted by Crippen LogP contribution is 2.12. The Bertz CT molecular complexity index is 664. The second-order valence-corrected chi connectivity index (χ2v) is 3.47. The topological polar surface area (TPSA) is 70.9 Å². The fourth-order valence-electron chi connectivity index (χ4n) is 1.42. The van der Waals surface area contributed by atoms with Gasteiger partial charge in [-0.05, 0) is 18.2 Å². The average Bonchev–Trinajstić information content (AvgIpc) is 2.76. The van der Waals surface area contributed by atoms with Crippen LogP contribution in [0.3, 0.4) is 0 Å². The molecule has 0 bridgehead atoms. The molecule has 1 aromatic carbocycles. The van der Waals surface area contributed by atoms with Gasteiger partial charge in [0.25, 0.3) is 0 Å². The van der Waals surface area contributed by atoms with Gasteiger partial charge in [-0.15, -0.1) is 0 Å². The Morgan fingerprint density at radius 2 is 2.33 bits per heavy atom. The van der Waals surface area contributed by atoms with Gasteiger partial charge in [-0.2, -0.15) is 5.10 Å². The van der Waals surface area contributed by atoms with Gasteiger partial charge in [-0.25, -0.2) is 18.9 Å². The van der Waals surface area contributed by atoms with Crippen LogP contribution in [0.15, 0.2) is 29.3 Å². The molecule has 2 N–H and O–H groups in total. The van der Waals surface area contributed by atoms with E-state index in [-0.39, 0.29) is 12.3 Å². The first-order valence-electron chi connectivity index (χ1n) is 5.24. The van der Waals surface area contributed by atoms with Crippen LogP contribution in [0.4, 0.5) is 4.39 Å². The maximum Gasteiger partial charge on any atom is 0.347 e. The molecule has 0 spiro atoms. The summed E-state index contributed by atoms with van der Waals surface area (Å²) in [7, 11) is 0. The predicted octanol–water partition coefficient (Wildman–Crippen LogP) is 0.434. The molecule has 1 heterocycles. The third kappa shape index (κ3) is 2.47. The van der Waals surface area contributed by atoms with Crippen molar-refractivity contribution in [1.82, 2.24) is 14.8 Å². The van der Waals surface area contributed by atoms with E-state index >= 15 is 0 Å². The van der Waals surface area contributed by atoms with Gasteiger partial charge < -0.3 is 5.11 Å². The molecule has 0 fully saturated rings. The summed E-state index contributed by atoms with van der Waals surface area (Å²) in [6.45, 7) is -0.0298. The predicted molar refractivity (Wildman–Crippen MR) is 62.7 cm³/mol. The summed E-state index contributed by atoms with van der Waals surface area (Å²) < 4.78 is 14.9. The van der Waals surface area contributed by atoms with Crippen molar-refractivity contribution in [3.8, 4) is 17.5 Å². The summed E-state index contributed by atoms with van der Waals surface area (Å²) in [4.78, 5) is 11.3. The van der Waals surface area contributed by atoms with Crippen LogP contribution >= 0.6 is 0 Å². The van der Waals surface area contributed by atoms with Crippen molar-refractivity contribution in [3.05, 3.63) is 46.4 Å². The average molecular weight is 247 g/mol. The Kier molecular flexibility index (Phi) is 3.55. The van der Waals surface area contributed by atoms with E-state index in [0.29, 0.717) is 12.0 Å². The molecule has 0 aliphatic carbocycles. The largest absolute Gasteiger partial charge is 0.395 e. The minimum absolute atomic E-state index is 0.0298. The summed E-state index contributed by atoms with van der Waals surface area (Å²) in [5.41, 5.74) is 0.0933. The van der Waals surface area contributed by atoms with Crippen LogP contribution in [0.1, 0.15) is 12.0 Å². The van der Waals surface area contributed by atoms with E-state index < -0.39 is 11.5 Å². The minimum Gasteiger partial charge on any atom is -0.395 e. The molecule has 0 saturated carbocycles. The number of aliphatic hydroxyl groups is 1. The summed E-state index contributed by atoms with van der Waals surface area (Å²) in [5, 5.41) is 14.3. The Labute approximate surface area is 102 Å². The molecule has 2 aromatic rings. The molecule has 0 atom stereocenters. The number of aliphatic hydroxyl groups excluding tert-OH is 1. The fraction of sp³-hybridized carbons (Fsp3) is 0.167. The number of H-pyrrole nitrogens is 1. The first-order chi connectivity index (χ1) is 8.72. The molecular weight excluding hydrogens is 237 g/mol. The van der Waals surface area contributed by atoms with Gasteiger partial charge in [0.05, 0.1) is 12.3 Å². The number of aromatic amines is 1. The van der Waals surface area contributed by atoms with E-state index in [4.69, 9.17) is 5.11 Å². The molecule has 18 heavy (non-hydrogen) atoms. The van der Waals surface area contributed by atoms with Gasteiger partial charge in [-0.3, -0.25) is 0 Å². The minimum atomic E-state index is -0.561. The maximum absolute atomic E-state index is 13.8. The van der Waals surface area contributed by atoms with Gasteiger partial charge >= 0.3 is 5.69 Å². The van der Waals surface area contributed by atoms with E-state index in [1.807, 2.05) is 0 Å². The zero-order chi connectivity index (χ0) is 13.0. The van der Waals surface area contributed by atoms with E-state index in [9.17, 15) is 9.18 Å². The number of hydrogen-bond donors (Lipinski definition) is 2. The lowest BCUT2D eigenvalue weighted by Gasteiger charge is -2.02. The number of nitrogens with zero attached hydrogens (tertiary/aromatic N) is 2. The van der Waals surface area contributed by atoms with Crippen molar-refractivity contribution in [2.75, 3.05) is 6.61 Å². The zero-order valence-electron chi connectivity index (χ0n) is 9.35. The highest BCUT2D eigenvalue weighted by Gasteiger charge is 2.07. The van der Waals surface area contributed by atoms with Crippen LogP contribution in [0, 0.1) is 17.7 Å². The van der Waals surface area contributed by atoms with Crippen molar-refractivity contribution < 1.29 is 9.50 Å². The molecule has 0 saturated heterocycles. The molecule has 6 heteroatoms. The number of aromatic nitrogens is 3. The molecule has 0 unspecified atom stereocenters. The molecule has 0 radical (unpaired) electrons. The van der Waals surface area contributed by atoms with Gasteiger partial charge in [-0.1, -0.05) is 11.8 Å².